The molecule has 18 heavy (non-hydrogen) atoms. The number of aryl methyl sites for hydroxylation is 2. The van der Waals surface area contributed by atoms with Crippen LogP contribution >= 0.6 is 0 Å². The minimum absolute atomic E-state index is 0.182. The number of ether oxygens (including phenoxy) is 1. The average Bonchev–Trinajstić information content (AvgIpc) is 2.76. The molecule has 2 atom stereocenters. The Morgan fingerprint density at radius 2 is 2.22 bits per heavy atom. The summed E-state index contributed by atoms with van der Waals surface area (Å²) in [5.74, 6) is 6.74. The molecular weight excluding hydrogens is 228 g/mol. The molecule has 0 aromatic carbocycles. The maximum absolute atomic E-state index is 5.77. The molecule has 1 rings (SSSR count). The maximum Gasteiger partial charge on any atom is 0.108 e. The van der Waals surface area contributed by atoms with Crippen LogP contribution in [-0.4, -0.2) is 28.3 Å². The van der Waals surface area contributed by atoms with Crippen molar-refractivity contribution in [3.63, 3.8) is 0 Å². The molecule has 0 radical (unpaired) electrons. The van der Waals surface area contributed by atoms with Crippen LogP contribution in [0.5, 0.6) is 0 Å². The van der Waals surface area contributed by atoms with Crippen LogP contribution in [0.3, 0.4) is 0 Å². The van der Waals surface area contributed by atoms with Gasteiger partial charge in [-0.05, 0) is 19.8 Å². The van der Waals surface area contributed by atoms with Crippen LogP contribution in [0.4, 0.5) is 0 Å². The van der Waals surface area contributed by atoms with Crippen LogP contribution in [0, 0.1) is 0 Å². The first-order valence-corrected chi connectivity index (χ1v) is 6.76. The molecule has 0 saturated carbocycles. The van der Waals surface area contributed by atoms with Gasteiger partial charge in [-0.2, -0.15) is 0 Å². The molecule has 0 fully saturated rings. The Hall–Kier alpha value is -0.910. The predicted molar refractivity (Wildman–Crippen MR) is 73.0 cm³/mol. The summed E-state index contributed by atoms with van der Waals surface area (Å²) in [5.41, 5.74) is 2.89. The molecule has 0 spiro atoms. The minimum Gasteiger partial charge on any atom is -0.377 e. The van der Waals surface area contributed by atoms with Crippen molar-refractivity contribution in [3.05, 3.63) is 18.2 Å². The quantitative estimate of drug-likeness (QED) is 0.516. The third kappa shape index (κ3) is 4.40. The average molecular weight is 254 g/mol. The molecule has 5 heteroatoms. The Kier molecular flexibility index (Phi) is 6.93. The molecule has 104 valence electrons. The fourth-order valence-corrected chi connectivity index (χ4v) is 2.20. The van der Waals surface area contributed by atoms with Crippen molar-refractivity contribution in [1.29, 1.82) is 0 Å². The number of imidazole rings is 1. The molecule has 0 aliphatic carbocycles. The summed E-state index contributed by atoms with van der Waals surface area (Å²) >= 11 is 0. The van der Waals surface area contributed by atoms with E-state index in [1.54, 1.807) is 0 Å². The van der Waals surface area contributed by atoms with Crippen LogP contribution in [0.2, 0.25) is 0 Å². The van der Waals surface area contributed by atoms with E-state index in [1.807, 2.05) is 30.9 Å². The largest absolute Gasteiger partial charge is 0.377 e. The lowest BCUT2D eigenvalue weighted by atomic mass is 10.0. The number of rotatable bonds is 9. The molecule has 1 aromatic heterocycles. The number of nitrogens with two attached hydrogens (primary N) is 1. The number of nitrogens with zero attached hydrogens (tertiary/aromatic N) is 2. The van der Waals surface area contributed by atoms with Gasteiger partial charge in [-0.25, -0.2) is 4.98 Å². The zero-order valence-corrected chi connectivity index (χ0v) is 11.7. The second kappa shape index (κ2) is 8.24. The SMILES string of the molecule is CCCC(OCC)C(CCc1nccn1C)NN. The molecule has 0 aliphatic heterocycles. The maximum atomic E-state index is 5.77. The molecule has 0 aliphatic rings. The Labute approximate surface area is 110 Å². The van der Waals surface area contributed by atoms with Gasteiger partial charge in [0.05, 0.1) is 6.10 Å². The Balaban J connectivity index is 2.51. The molecule has 3 N–H and O–H groups in total. The molecular formula is C13H26N4O. The van der Waals surface area contributed by atoms with Crippen molar-refractivity contribution in [1.82, 2.24) is 15.0 Å². The summed E-state index contributed by atoms with van der Waals surface area (Å²) in [4.78, 5) is 4.33. The van der Waals surface area contributed by atoms with Crippen LogP contribution in [-0.2, 0) is 18.2 Å². The summed E-state index contributed by atoms with van der Waals surface area (Å²) in [5, 5.41) is 0. The van der Waals surface area contributed by atoms with Crippen LogP contribution < -0.4 is 11.3 Å². The van der Waals surface area contributed by atoms with Crippen molar-refractivity contribution in [3.8, 4) is 0 Å². The Morgan fingerprint density at radius 3 is 2.72 bits per heavy atom. The second-order valence-electron chi connectivity index (χ2n) is 4.55. The summed E-state index contributed by atoms with van der Waals surface area (Å²) in [6.07, 6.45) is 7.95. The highest BCUT2D eigenvalue weighted by molar-refractivity contribution is 4.92. The van der Waals surface area contributed by atoms with Gasteiger partial charge in [-0.15, -0.1) is 0 Å². The van der Waals surface area contributed by atoms with Gasteiger partial charge >= 0.3 is 0 Å². The fraction of sp³-hybridized carbons (Fsp3) is 0.769. The van der Waals surface area contributed by atoms with E-state index < -0.39 is 0 Å². The molecule has 1 heterocycles. The van der Waals surface area contributed by atoms with E-state index in [1.165, 1.54) is 0 Å². The van der Waals surface area contributed by atoms with Gasteiger partial charge in [0, 0.05) is 38.5 Å². The standard InChI is InChI=1S/C13H26N4O/c1-4-6-12(18-5-2)11(16-14)7-8-13-15-9-10-17(13)3/h9-12,16H,4-8,14H2,1-3H3. The van der Waals surface area contributed by atoms with E-state index in [4.69, 9.17) is 10.6 Å². The van der Waals surface area contributed by atoms with E-state index in [9.17, 15) is 0 Å². The smallest absolute Gasteiger partial charge is 0.108 e. The second-order valence-corrected chi connectivity index (χ2v) is 4.55. The molecule has 0 saturated heterocycles. The van der Waals surface area contributed by atoms with Crippen molar-refractivity contribution < 1.29 is 4.74 Å². The van der Waals surface area contributed by atoms with Gasteiger partial charge in [0.2, 0.25) is 0 Å². The minimum atomic E-state index is 0.182. The lowest BCUT2D eigenvalue weighted by Gasteiger charge is -2.26. The first kappa shape index (κ1) is 15.1. The van der Waals surface area contributed by atoms with Crippen molar-refractivity contribution in [2.24, 2.45) is 12.9 Å². The van der Waals surface area contributed by atoms with Gasteiger partial charge in [0.25, 0.3) is 0 Å². The summed E-state index contributed by atoms with van der Waals surface area (Å²) in [7, 11) is 2.01. The number of nitrogens with one attached hydrogen (secondary N) is 1. The third-order valence-corrected chi connectivity index (χ3v) is 3.22. The number of hydrogen-bond donors (Lipinski definition) is 2. The van der Waals surface area contributed by atoms with E-state index in [0.717, 1.165) is 38.1 Å². The van der Waals surface area contributed by atoms with E-state index >= 15 is 0 Å². The van der Waals surface area contributed by atoms with Gasteiger partial charge < -0.3 is 9.30 Å². The first-order valence-electron chi connectivity index (χ1n) is 6.76. The zero-order valence-electron chi connectivity index (χ0n) is 11.7. The molecule has 2 unspecified atom stereocenters. The third-order valence-electron chi connectivity index (χ3n) is 3.22. The molecule has 1 aromatic rings. The fourth-order valence-electron chi connectivity index (χ4n) is 2.20. The number of hydrogen-bond acceptors (Lipinski definition) is 4. The van der Waals surface area contributed by atoms with Gasteiger partial charge in [0.15, 0.2) is 0 Å². The van der Waals surface area contributed by atoms with Gasteiger partial charge in [-0.1, -0.05) is 13.3 Å². The highest BCUT2D eigenvalue weighted by Gasteiger charge is 2.20. The van der Waals surface area contributed by atoms with Crippen LogP contribution in [0.1, 0.15) is 38.9 Å². The predicted octanol–water partition coefficient (Wildman–Crippen LogP) is 1.39. The van der Waals surface area contributed by atoms with E-state index in [0.29, 0.717) is 0 Å². The summed E-state index contributed by atoms with van der Waals surface area (Å²) in [6, 6.07) is 0.182. The molecule has 0 bridgehead atoms. The molecule has 5 nitrogen and oxygen atoms in total. The first-order chi connectivity index (χ1) is 8.72. The van der Waals surface area contributed by atoms with Gasteiger partial charge in [0.1, 0.15) is 5.82 Å². The number of aromatic nitrogens is 2. The van der Waals surface area contributed by atoms with Gasteiger partial charge in [-0.3, -0.25) is 11.3 Å². The number of hydrazine groups is 1. The topological polar surface area (TPSA) is 65.1 Å². The van der Waals surface area contributed by atoms with Crippen LogP contribution in [0.25, 0.3) is 0 Å². The zero-order chi connectivity index (χ0) is 13.4. The highest BCUT2D eigenvalue weighted by atomic mass is 16.5. The lowest BCUT2D eigenvalue weighted by molar-refractivity contribution is 0.0258. The summed E-state index contributed by atoms with van der Waals surface area (Å²) < 4.78 is 7.81. The molecule has 0 amide bonds. The highest BCUT2D eigenvalue weighted by Crippen LogP contribution is 2.12. The normalized spacial score (nSPS) is 14.7. The van der Waals surface area contributed by atoms with E-state index in [2.05, 4.69) is 17.3 Å². The van der Waals surface area contributed by atoms with Crippen molar-refractivity contribution in [2.45, 2.75) is 51.7 Å². The van der Waals surface area contributed by atoms with Crippen molar-refractivity contribution in [2.75, 3.05) is 6.61 Å². The van der Waals surface area contributed by atoms with E-state index in [-0.39, 0.29) is 12.1 Å². The van der Waals surface area contributed by atoms with Crippen molar-refractivity contribution >= 4 is 0 Å². The lowest BCUT2D eigenvalue weighted by Crippen LogP contribution is -2.45. The Bertz CT molecular complexity index is 321. The Morgan fingerprint density at radius 1 is 1.44 bits per heavy atom. The monoisotopic (exact) mass is 254 g/mol. The summed E-state index contributed by atoms with van der Waals surface area (Å²) in [6.45, 7) is 4.92. The van der Waals surface area contributed by atoms with Crippen LogP contribution in [0.15, 0.2) is 12.4 Å².